The molecule has 5 nitrogen and oxygen atoms in total. The first-order valence-corrected chi connectivity index (χ1v) is 7.52. The molecule has 0 aromatic heterocycles. The molecule has 0 aliphatic carbocycles. The fourth-order valence-corrected chi connectivity index (χ4v) is 2.42. The van der Waals surface area contributed by atoms with Gasteiger partial charge in [0.25, 0.3) is 0 Å². The molecule has 0 amide bonds. The number of carbonyl (C=O) groups excluding carboxylic acids is 1. The minimum absolute atomic E-state index is 0.264. The van der Waals surface area contributed by atoms with Crippen molar-refractivity contribution in [2.24, 2.45) is 0 Å². The highest BCUT2D eigenvalue weighted by Crippen LogP contribution is 2.29. The number of ether oxygens (including phenoxy) is 3. The number of rotatable bonds is 7. The topological polar surface area (TPSA) is 56.8 Å². The van der Waals surface area contributed by atoms with E-state index >= 15 is 0 Å². The molecular formula is C14H19BrClNO4. The summed E-state index contributed by atoms with van der Waals surface area (Å²) in [5, 5.41) is 3.67. The molecule has 1 unspecified atom stereocenters. The summed E-state index contributed by atoms with van der Waals surface area (Å²) >= 11 is 9.31. The summed E-state index contributed by atoms with van der Waals surface area (Å²) in [6.07, 6.45) is -0.814. The molecule has 1 aromatic carbocycles. The maximum absolute atomic E-state index is 12.3. The Labute approximate surface area is 138 Å². The Balaban J connectivity index is 3.11. The minimum atomic E-state index is -1.20. The molecule has 0 bridgehead atoms. The average Bonchev–Trinajstić information content (AvgIpc) is 2.44. The Morgan fingerprint density at radius 2 is 2.05 bits per heavy atom. The number of anilines is 1. The van der Waals surface area contributed by atoms with E-state index in [4.69, 9.17) is 25.8 Å². The van der Waals surface area contributed by atoms with Crippen LogP contribution in [0.4, 0.5) is 5.69 Å². The summed E-state index contributed by atoms with van der Waals surface area (Å²) in [4.78, 5) is 12.3. The predicted molar refractivity (Wildman–Crippen MR) is 85.6 cm³/mol. The third-order valence-corrected chi connectivity index (χ3v) is 4.14. The van der Waals surface area contributed by atoms with Crippen molar-refractivity contribution in [3.05, 3.63) is 27.7 Å². The van der Waals surface area contributed by atoms with Gasteiger partial charge in [-0.2, -0.15) is 0 Å². The van der Waals surface area contributed by atoms with Crippen LogP contribution in [0.2, 0.25) is 5.02 Å². The van der Waals surface area contributed by atoms with E-state index in [-0.39, 0.29) is 6.61 Å². The third-order valence-electron chi connectivity index (χ3n) is 2.92. The van der Waals surface area contributed by atoms with Crippen molar-refractivity contribution in [3.63, 3.8) is 0 Å². The molecule has 7 heteroatoms. The number of halogens is 2. The molecule has 0 radical (unpaired) electrons. The number of carbonyl (C=O) groups is 1. The van der Waals surface area contributed by atoms with Gasteiger partial charge in [-0.05, 0) is 48.0 Å². The van der Waals surface area contributed by atoms with Crippen molar-refractivity contribution in [1.82, 2.24) is 0 Å². The normalized spacial score (nSPS) is 13.9. The fourth-order valence-electron chi connectivity index (χ4n) is 1.93. The highest BCUT2D eigenvalue weighted by molar-refractivity contribution is 9.10. The molecule has 0 aliphatic rings. The molecule has 21 heavy (non-hydrogen) atoms. The molecule has 0 aliphatic heterocycles. The molecule has 1 atom stereocenters. The number of hydrogen-bond acceptors (Lipinski definition) is 5. The molecular weight excluding hydrogens is 362 g/mol. The number of nitrogens with one attached hydrogen (secondary N) is 1. The van der Waals surface area contributed by atoms with Crippen LogP contribution in [0.3, 0.4) is 0 Å². The maximum atomic E-state index is 12.3. The van der Waals surface area contributed by atoms with Crippen molar-refractivity contribution in [1.29, 1.82) is 0 Å². The van der Waals surface area contributed by atoms with Gasteiger partial charge < -0.3 is 19.5 Å². The molecule has 0 saturated heterocycles. The summed E-state index contributed by atoms with van der Waals surface area (Å²) < 4.78 is 16.3. The second-order valence-electron chi connectivity index (χ2n) is 4.48. The van der Waals surface area contributed by atoms with Crippen LogP contribution in [0.25, 0.3) is 0 Å². The van der Waals surface area contributed by atoms with Crippen molar-refractivity contribution >= 4 is 39.2 Å². The summed E-state index contributed by atoms with van der Waals surface area (Å²) in [7, 11) is 2.93. The van der Waals surface area contributed by atoms with Gasteiger partial charge in [0.2, 0.25) is 0 Å². The molecule has 0 spiro atoms. The smallest absolute Gasteiger partial charge is 0.336 e. The van der Waals surface area contributed by atoms with Gasteiger partial charge in [0.15, 0.2) is 11.8 Å². The molecule has 1 N–H and O–H groups in total. The van der Waals surface area contributed by atoms with Crippen LogP contribution in [-0.2, 0) is 19.0 Å². The largest absolute Gasteiger partial charge is 0.464 e. The van der Waals surface area contributed by atoms with Gasteiger partial charge in [0.1, 0.15) is 0 Å². The van der Waals surface area contributed by atoms with Gasteiger partial charge >= 0.3 is 5.97 Å². The molecule has 0 fully saturated rings. The lowest BCUT2D eigenvalue weighted by molar-refractivity contribution is -0.176. The Hall–Kier alpha value is -0.820. The first-order chi connectivity index (χ1) is 9.88. The van der Waals surface area contributed by atoms with Crippen molar-refractivity contribution < 1.29 is 19.0 Å². The molecule has 0 saturated carbocycles. The van der Waals surface area contributed by atoms with E-state index in [2.05, 4.69) is 21.2 Å². The van der Waals surface area contributed by atoms with Gasteiger partial charge in [-0.25, -0.2) is 4.79 Å². The second-order valence-corrected chi connectivity index (χ2v) is 5.74. The monoisotopic (exact) mass is 379 g/mol. The van der Waals surface area contributed by atoms with Crippen molar-refractivity contribution in [3.8, 4) is 0 Å². The molecule has 1 rings (SSSR count). The highest BCUT2D eigenvalue weighted by atomic mass is 79.9. The van der Waals surface area contributed by atoms with E-state index in [1.807, 2.05) is 0 Å². The summed E-state index contributed by atoms with van der Waals surface area (Å²) in [5.41, 5.74) is -0.520. The number of hydrogen-bond donors (Lipinski definition) is 1. The van der Waals surface area contributed by atoms with Gasteiger partial charge in [-0.3, -0.25) is 0 Å². The second kappa shape index (κ2) is 7.98. The van der Waals surface area contributed by atoms with E-state index in [0.717, 1.165) is 0 Å². The van der Waals surface area contributed by atoms with Crippen LogP contribution >= 0.6 is 27.5 Å². The van der Waals surface area contributed by atoms with E-state index in [1.54, 1.807) is 32.0 Å². The lowest BCUT2D eigenvalue weighted by Gasteiger charge is -2.34. The zero-order valence-corrected chi connectivity index (χ0v) is 14.7. The lowest BCUT2D eigenvalue weighted by Crippen LogP contribution is -2.55. The average molecular weight is 381 g/mol. The van der Waals surface area contributed by atoms with E-state index in [1.165, 1.54) is 14.2 Å². The molecule has 0 heterocycles. The summed E-state index contributed by atoms with van der Waals surface area (Å²) in [6, 6.07) is 5.24. The quantitative estimate of drug-likeness (QED) is 0.580. The number of esters is 1. The Morgan fingerprint density at radius 1 is 1.43 bits per heavy atom. The van der Waals surface area contributed by atoms with Gasteiger partial charge in [-0.1, -0.05) is 11.6 Å². The summed E-state index contributed by atoms with van der Waals surface area (Å²) in [5.74, 6) is -0.468. The summed E-state index contributed by atoms with van der Waals surface area (Å²) in [6.45, 7) is 3.66. The van der Waals surface area contributed by atoms with Gasteiger partial charge in [-0.15, -0.1) is 0 Å². The lowest BCUT2D eigenvalue weighted by atomic mass is 10.0. The van der Waals surface area contributed by atoms with E-state index in [0.29, 0.717) is 15.2 Å². The highest BCUT2D eigenvalue weighted by Gasteiger charge is 2.44. The van der Waals surface area contributed by atoms with Crippen LogP contribution in [0.1, 0.15) is 13.8 Å². The fraction of sp³-hybridized carbons (Fsp3) is 0.500. The first kappa shape index (κ1) is 18.2. The standard InChI is InChI=1S/C14H19BrClNO4/c1-5-21-12(18)14(2,13(19-3)20-4)17-9-6-7-11(16)10(15)8-9/h6-8,13,17H,5H2,1-4H3. The van der Waals surface area contributed by atoms with Crippen molar-refractivity contribution in [2.75, 3.05) is 26.1 Å². The SMILES string of the molecule is CCOC(=O)C(C)(Nc1ccc(Cl)c(Br)c1)C(OC)OC. The molecule has 1 aromatic rings. The van der Waals surface area contributed by atoms with Crippen LogP contribution < -0.4 is 5.32 Å². The van der Waals surface area contributed by atoms with E-state index in [9.17, 15) is 4.79 Å². The third kappa shape index (κ3) is 4.32. The molecule has 118 valence electrons. The van der Waals surface area contributed by atoms with E-state index < -0.39 is 17.8 Å². The van der Waals surface area contributed by atoms with Crippen molar-refractivity contribution in [2.45, 2.75) is 25.7 Å². The van der Waals surface area contributed by atoms with Crippen LogP contribution in [0.15, 0.2) is 22.7 Å². The Kier molecular flexibility index (Phi) is 6.93. The van der Waals surface area contributed by atoms with Gasteiger partial charge in [0.05, 0.1) is 11.6 Å². The minimum Gasteiger partial charge on any atom is -0.464 e. The van der Waals surface area contributed by atoms with Crippen LogP contribution in [0.5, 0.6) is 0 Å². The predicted octanol–water partition coefficient (Wildman–Crippen LogP) is 3.46. The first-order valence-electron chi connectivity index (χ1n) is 6.35. The maximum Gasteiger partial charge on any atom is 0.336 e. The Bertz CT molecular complexity index is 496. The Morgan fingerprint density at radius 3 is 2.52 bits per heavy atom. The zero-order valence-electron chi connectivity index (χ0n) is 12.4. The number of benzene rings is 1. The van der Waals surface area contributed by atoms with Crippen LogP contribution in [-0.4, -0.2) is 38.6 Å². The zero-order chi connectivity index (χ0) is 16.0. The van der Waals surface area contributed by atoms with Crippen LogP contribution in [0, 0.1) is 0 Å². The number of methoxy groups -OCH3 is 2. The van der Waals surface area contributed by atoms with Gasteiger partial charge in [0, 0.05) is 24.4 Å².